The standard InChI is InChI=1S/C15H18N2O3S/c1-10(18)21-9-11-6-14(19)17(8-11)13-5-3-4-12(7-13)15(20)16-2/h3-5,7,11H,6,8-9H2,1-2H3,(H,16,20). The fourth-order valence-corrected chi connectivity index (χ4v) is 3.03. The zero-order chi connectivity index (χ0) is 15.4. The molecular formula is C15H18N2O3S. The maximum Gasteiger partial charge on any atom is 0.251 e. The highest BCUT2D eigenvalue weighted by atomic mass is 32.2. The lowest BCUT2D eigenvalue weighted by molar-refractivity contribution is -0.117. The summed E-state index contributed by atoms with van der Waals surface area (Å²) in [7, 11) is 1.57. The predicted octanol–water partition coefficient (Wildman–Crippen LogP) is 1.68. The maximum atomic E-state index is 12.1. The number of carbonyl (C=O) groups excluding carboxylic acids is 3. The summed E-state index contributed by atoms with van der Waals surface area (Å²) in [5.74, 6) is 0.702. The van der Waals surface area contributed by atoms with Crippen molar-refractivity contribution in [2.75, 3.05) is 24.2 Å². The van der Waals surface area contributed by atoms with Gasteiger partial charge in [-0.3, -0.25) is 14.4 Å². The summed E-state index contributed by atoms with van der Waals surface area (Å²) >= 11 is 1.26. The maximum absolute atomic E-state index is 12.1. The van der Waals surface area contributed by atoms with Crippen LogP contribution in [0.5, 0.6) is 0 Å². The van der Waals surface area contributed by atoms with Crippen molar-refractivity contribution in [3.8, 4) is 0 Å². The van der Waals surface area contributed by atoms with Gasteiger partial charge in [0, 0.05) is 43.9 Å². The first-order valence-electron chi connectivity index (χ1n) is 6.77. The van der Waals surface area contributed by atoms with Crippen LogP contribution in [0.3, 0.4) is 0 Å². The second kappa shape index (κ2) is 6.76. The molecule has 1 unspecified atom stereocenters. The molecule has 1 aromatic carbocycles. The number of thioether (sulfide) groups is 1. The predicted molar refractivity (Wildman–Crippen MR) is 83.4 cm³/mol. The number of nitrogens with zero attached hydrogens (tertiary/aromatic N) is 1. The Labute approximate surface area is 128 Å². The Morgan fingerprint density at radius 2 is 2.19 bits per heavy atom. The van der Waals surface area contributed by atoms with Gasteiger partial charge >= 0.3 is 0 Å². The van der Waals surface area contributed by atoms with E-state index in [0.29, 0.717) is 24.3 Å². The van der Waals surface area contributed by atoms with Crippen LogP contribution >= 0.6 is 11.8 Å². The zero-order valence-corrected chi connectivity index (χ0v) is 12.9. The van der Waals surface area contributed by atoms with Gasteiger partial charge < -0.3 is 10.2 Å². The number of benzene rings is 1. The number of amides is 2. The topological polar surface area (TPSA) is 66.5 Å². The molecule has 0 aliphatic carbocycles. The lowest BCUT2D eigenvalue weighted by Crippen LogP contribution is -2.25. The van der Waals surface area contributed by atoms with Crippen LogP contribution in [0, 0.1) is 5.92 Å². The van der Waals surface area contributed by atoms with Gasteiger partial charge in [0.25, 0.3) is 5.91 Å². The van der Waals surface area contributed by atoms with Crippen molar-refractivity contribution in [1.29, 1.82) is 0 Å². The van der Waals surface area contributed by atoms with Crippen LogP contribution in [0.4, 0.5) is 5.69 Å². The monoisotopic (exact) mass is 306 g/mol. The van der Waals surface area contributed by atoms with Crippen molar-refractivity contribution in [3.05, 3.63) is 29.8 Å². The van der Waals surface area contributed by atoms with Crippen molar-refractivity contribution in [1.82, 2.24) is 5.32 Å². The van der Waals surface area contributed by atoms with E-state index in [2.05, 4.69) is 5.32 Å². The molecule has 2 rings (SSSR count). The molecule has 1 N–H and O–H groups in total. The zero-order valence-electron chi connectivity index (χ0n) is 12.1. The SMILES string of the molecule is CNC(=O)c1cccc(N2CC(CSC(C)=O)CC2=O)c1. The highest BCUT2D eigenvalue weighted by Crippen LogP contribution is 2.28. The normalized spacial score (nSPS) is 17.9. The minimum absolute atomic E-state index is 0.0400. The van der Waals surface area contributed by atoms with Crippen molar-refractivity contribution in [2.24, 2.45) is 5.92 Å². The number of nitrogens with one attached hydrogen (secondary N) is 1. The molecule has 0 bridgehead atoms. The van der Waals surface area contributed by atoms with Crippen LogP contribution in [-0.4, -0.2) is 36.3 Å². The lowest BCUT2D eigenvalue weighted by Gasteiger charge is -2.17. The second-order valence-electron chi connectivity index (χ2n) is 5.01. The lowest BCUT2D eigenvalue weighted by atomic mass is 10.1. The van der Waals surface area contributed by atoms with E-state index < -0.39 is 0 Å². The number of anilines is 1. The van der Waals surface area contributed by atoms with E-state index in [1.807, 2.05) is 6.07 Å². The molecule has 1 aromatic rings. The van der Waals surface area contributed by atoms with E-state index in [0.717, 1.165) is 5.69 Å². The van der Waals surface area contributed by atoms with Gasteiger partial charge in [-0.25, -0.2) is 0 Å². The molecular weight excluding hydrogens is 288 g/mol. The van der Waals surface area contributed by atoms with Gasteiger partial charge in [0.15, 0.2) is 5.12 Å². The molecule has 1 fully saturated rings. The molecule has 1 saturated heterocycles. The van der Waals surface area contributed by atoms with Gasteiger partial charge in [-0.15, -0.1) is 0 Å². The average molecular weight is 306 g/mol. The molecule has 1 aliphatic rings. The van der Waals surface area contributed by atoms with Gasteiger partial charge in [-0.05, 0) is 24.1 Å². The van der Waals surface area contributed by atoms with Crippen LogP contribution in [0.1, 0.15) is 23.7 Å². The van der Waals surface area contributed by atoms with Crippen molar-refractivity contribution >= 4 is 34.4 Å². The molecule has 2 amide bonds. The smallest absolute Gasteiger partial charge is 0.251 e. The van der Waals surface area contributed by atoms with Crippen molar-refractivity contribution in [2.45, 2.75) is 13.3 Å². The minimum Gasteiger partial charge on any atom is -0.355 e. The first-order valence-corrected chi connectivity index (χ1v) is 7.75. The third kappa shape index (κ3) is 3.85. The molecule has 5 nitrogen and oxygen atoms in total. The average Bonchev–Trinajstić information content (AvgIpc) is 2.85. The number of hydrogen-bond acceptors (Lipinski definition) is 4. The summed E-state index contributed by atoms with van der Waals surface area (Å²) in [6, 6.07) is 7.03. The summed E-state index contributed by atoms with van der Waals surface area (Å²) in [4.78, 5) is 36.5. The quantitative estimate of drug-likeness (QED) is 0.919. The van der Waals surface area contributed by atoms with Gasteiger partial charge in [0.05, 0.1) is 0 Å². The third-order valence-electron chi connectivity index (χ3n) is 3.37. The molecule has 0 saturated carbocycles. The highest BCUT2D eigenvalue weighted by molar-refractivity contribution is 8.13. The van der Waals surface area contributed by atoms with Crippen LogP contribution < -0.4 is 10.2 Å². The first kappa shape index (κ1) is 15.6. The third-order valence-corrected chi connectivity index (χ3v) is 4.42. The van der Waals surface area contributed by atoms with E-state index in [-0.39, 0.29) is 22.8 Å². The summed E-state index contributed by atoms with van der Waals surface area (Å²) in [5, 5.41) is 2.64. The van der Waals surface area contributed by atoms with Crippen LogP contribution in [0.25, 0.3) is 0 Å². The van der Waals surface area contributed by atoms with Gasteiger partial charge in [0.1, 0.15) is 0 Å². The van der Waals surface area contributed by atoms with E-state index in [1.54, 1.807) is 30.1 Å². The Morgan fingerprint density at radius 3 is 2.86 bits per heavy atom. The van der Waals surface area contributed by atoms with Gasteiger partial charge in [0.2, 0.25) is 5.91 Å². The molecule has 1 aliphatic heterocycles. The van der Waals surface area contributed by atoms with E-state index in [9.17, 15) is 14.4 Å². The first-order chi connectivity index (χ1) is 10.0. The summed E-state index contributed by atoms with van der Waals surface area (Å²) < 4.78 is 0. The number of rotatable bonds is 4. The van der Waals surface area contributed by atoms with E-state index >= 15 is 0 Å². The van der Waals surface area contributed by atoms with Crippen LogP contribution in [0.2, 0.25) is 0 Å². The van der Waals surface area contributed by atoms with Crippen LogP contribution in [0.15, 0.2) is 24.3 Å². The highest BCUT2D eigenvalue weighted by Gasteiger charge is 2.30. The van der Waals surface area contributed by atoms with Crippen molar-refractivity contribution in [3.63, 3.8) is 0 Å². The number of carbonyl (C=O) groups is 3. The molecule has 1 heterocycles. The Balaban J connectivity index is 2.10. The molecule has 1 atom stereocenters. The summed E-state index contributed by atoms with van der Waals surface area (Å²) in [6.07, 6.45) is 0.449. The van der Waals surface area contributed by atoms with Crippen molar-refractivity contribution < 1.29 is 14.4 Å². The Morgan fingerprint density at radius 1 is 1.43 bits per heavy atom. The Kier molecular flexibility index (Phi) is 5.01. The summed E-state index contributed by atoms with van der Waals surface area (Å²) in [6.45, 7) is 2.13. The largest absolute Gasteiger partial charge is 0.355 e. The molecule has 112 valence electrons. The second-order valence-corrected chi connectivity index (χ2v) is 6.20. The molecule has 21 heavy (non-hydrogen) atoms. The van der Waals surface area contributed by atoms with E-state index in [1.165, 1.54) is 18.7 Å². The van der Waals surface area contributed by atoms with Gasteiger partial charge in [-0.1, -0.05) is 17.8 Å². The molecule has 0 aromatic heterocycles. The molecule has 0 radical (unpaired) electrons. The summed E-state index contributed by atoms with van der Waals surface area (Å²) in [5.41, 5.74) is 1.26. The van der Waals surface area contributed by atoms with Crippen LogP contribution in [-0.2, 0) is 9.59 Å². The molecule has 6 heteroatoms. The Bertz CT molecular complexity index is 574. The van der Waals surface area contributed by atoms with E-state index in [4.69, 9.17) is 0 Å². The fourth-order valence-electron chi connectivity index (χ4n) is 2.34. The minimum atomic E-state index is -0.174. The van der Waals surface area contributed by atoms with Gasteiger partial charge in [-0.2, -0.15) is 0 Å². The number of hydrogen-bond donors (Lipinski definition) is 1. The molecule has 0 spiro atoms. The Hall–Kier alpha value is -1.82. The fraction of sp³-hybridized carbons (Fsp3) is 0.400.